The number of carbonyl (C=O) groups is 1. The minimum absolute atomic E-state index is 0.147. The standard InChI is InChI=1S/C7H4BrClN2O4/c8-3-1-2-4(10-7(12)13)6(5(3)9)11(14)15/h1-2,10H,(H,12,13). The second-order valence-corrected chi connectivity index (χ2v) is 3.68. The van der Waals surface area contributed by atoms with Gasteiger partial charge in [0, 0.05) is 4.47 Å². The Kier molecular flexibility index (Phi) is 3.48. The van der Waals surface area contributed by atoms with E-state index in [9.17, 15) is 14.9 Å². The van der Waals surface area contributed by atoms with Gasteiger partial charge in [0.1, 0.15) is 10.7 Å². The van der Waals surface area contributed by atoms with E-state index >= 15 is 0 Å². The molecule has 0 saturated carbocycles. The summed E-state index contributed by atoms with van der Waals surface area (Å²) in [5, 5.41) is 20.8. The average Bonchev–Trinajstić information content (AvgIpc) is 2.10. The molecule has 0 bridgehead atoms. The monoisotopic (exact) mass is 294 g/mol. The average molecular weight is 295 g/mol. The van der Waals surface area contributed by atoms with Crippen LogP contribution in [0.3, 0.4) is 0 Å². The van der Waals surface area contributed by atoms with Crippen molar-refractivity contribution in [1.29, 1.82) is 0 Å². The van der Waals surface area contributed by atoms with Crippen molar-refractivity contribution in [1.82, 2.24) is 0 Å². The Morgan fingerprint density at radius 3 is 2.67 bits per heavy atom. The van der Waals surface area contributed by atoms with E-state index in [2.05, 4.69) is 15.9 Å². The number of carboxylic acid groups (broad SMARTS) is 1. The Hall–Kier alpha value is -1.34. The maximum Gasteiger partial charge on any atom is 0.409 e. The number of rotatable bonds is 2. The van der Waals surface area contributed by atoms with Gasteiger partial charge in [-0.25, -0.2) is 4.79 Å². The van der Waals surface area contributed by atoms with E-state index in [0.717, 1.165) is 0 Å². The van der Waals surface area contributed by atoms with Crippen LogP contribution in [0.25, 0.3) is 0 Å². The summed E-state index contributed by atoms with van der Waals surface area (Å²) in [6, 6.07) is 2.67. The highest BCUT2D eigenvalue weighted by molar-refractivity contribution is 9.10. The number of hydrogen-bond donors (Lipinski definition) is 2. The second-order valence-electron chi connectivity index (χ2n) is 2.44. The second kappa shape index (κ2) is 4.45. The van der Waals surface area contributed by atoms with Gasteiger partial charge in [-0.3, -0.25) is 15.4 Å². The van der Waals surface area contributed by atoms with Gasteiger partial charge in [-0.1, -0.05) is 11.6 Å². The first-order chi connectivity index (χ1) is 6.93. The third-order valence-corrected chi connectivity index (χ3v) is 2.76. The molecule has 0 aliphatic heterocycles. The van der Waals surface area contributed by atoms with Crippen LogP contribution in [0.5, 0.6) is 0 Å². The van der Waals surface area contributed by atoms with Gasteiger partial charge in [0.15, 0.2) is 0 Å². The Morgan fingerprint density at radius 1 is 1.60 bits per heavy atom. The molecule has 0 saturated heterocycles. The van der Waals surface area contributed by atoms with Gasteiger partial charge >= 0.3 is 11.8 Å². The molecule has 8 heteroatoms. The van der Waals surface area contributed by atoms with Crippen molar-refractivity contribution in [3.8, 4) is 0 Å². The summed E-state index contributed by atoms with van der Waals surface area (Å²) in [7, 11) is 0. The number of halogens is 2. The van der Waals surface area contributed by atoms with E-state index in [1.54, 1.807) is 0 Å². The molecule has 1 aromatic carbocycles. The third-order valence-electron chi connectivity index (χ3n) is 1.49. The number of hydrogen-bond acceptors (Lipinski definition) is 3. The molecule has 15 heavy (non-hydrogen) atoms. The highest BCUT2D eigenvalue weighted by atomic mass is 79.9. The predicted octanol–water partition coefficient (Wildman–Crippen LogP) is 3.10. The number of nitrogens with zero attached hydrogens (tertiary/aromatic N) is 1. The smallest absolute Gasteiger partial charge is 0.409 e. The van der Waals surface area contributed by atoms with Gasteiger partial charge in [-0.15, -0.1) is 0 Å². The quantitative estimate of drug-likeness (QED) is 0.647. The van der Waals surface area contributed by atoms with E-state index in [1.165, 1.54) is 12.1 Å². The number of anilines is 1. The summed E-state index contributed by atoms with van der Waals surface area (Å²) in [6.07, 6.45) is -1.39. The Bertz CT molecular complexity index is 437. The molecule has 0 aliphatic carbocycles. The lowest BCUT2D eigenvalue weighted by atomic mass is 10.2. The maximum absolute atomic E-state index is 10.6. The fourth-order valence-electron chi connectivity index (χ4n) is 0.935. The first-order valence-electron chi connectivity index (χ1n) is 3.56. The van der Waals surface area contributed by atoms with Gasteiger partial charge < -0.3 is 5.11 Å². The van der Waals surface area contributed by atoms with Crippen LogP contribution >= 0.6 is 27.5 Å². The van der Waals surface area contributed by atoms with Crippen LogP contribution in [-0.2, 0) is 0 Å². The van der Waals surface area contributed by atoms with Crippen LogP contribution < -0.4 is 5.32 Å². The normalized spacial score (nSPS) is 9.73. The highest BCUT2D eigenvalue weighted by Crippen LogP contribution is 2.37. The van der Waals surface area contributed by atoms with Crippen molar-refractivity contribution in [3.63, 3.8) is 0 Å². The summed E-state index contributed by atoms with van der Waals surface area (Å²) >= 11 is 8.66. The molecule has 0 fully saturated rings. The highest BCUT2D eigenvalue weighted by Gasteiger charge is 2.22. The summed E-state index contributed by atoms with van der Waals surface area (Å²) in [4.78, 5) is 20.2. The largest absolute Gasteiger partial charge is 0.465 e. The van der Waals surface area contributed by atoms with E-state index in [1.807, 2.05) is 5.32 Å². The molecule has 0 aromatic heterocycles. The van der Waals surface area contributed by atoms with Crippen molar-refractivity contribution in [3.05, 3.63) is 31.7 Å². The summed E-state index contributed by atoms with van der Waals surface area (Å²) in [6.45, 7) is 0. The summed E-state index contributed by atoms with van der Waals surface area (Å²) in [5.41, 5.74) is -0.644. The molecule has 0 radical (unpaired) electrons. The van der Waals surface area contributed by atoms with Gasteiger partial charge in [-0.05, 0) is 28.1 Å². The minimum Gasteiger partial charge on any atom is -0.465 e. The molecule has 2 N–H and O–H groups in total. The Balaban J connectivity index is 3.33. The molecule has 0 atom stereocenters. The van der Waals surface area contributed by atoms with Crippen LogP contribution in [0.4, 0.5) is 16.2 Å². The molecular formula is C7H4BrClN2O4. The summed E-state index contributed by atoms with van der Waals surface area (Å²) < 4.78 is 0.326. The van der Waals surface area contributed by atoms with Crippen LogP contribution in [0.15, 0.2) is 16.6 Å². The molecule has 0 heterocycles. The number of nitrogens with one attached hydrogen (secondary N) is 1. The zero-order valence-corrected chi connectivity index (χ0v) is 9.37. The number of nitro groups is 1. The molecule has 1 amide bonds. The third kappa shape index (κ3) is 2.57. The minimum atomic E-state index is -1.39. The van der Waals surface area contributed by atoms with E-state index in [4.69, 9.17) is 16.7 Å². The first-order valence-corrected chi connectivity index (χ1v) is 4.73. The number of nitro benzene ring substituents is 1. The topological polar surface area (TPSA) is 92.5 Å². The summed E-state index contributed by atoms with van der Waals surface area (Å²) in [5.74, 6) is 0. The lowest BCUT2D eigenvalue weighted by Crippen LogP contribution is -2.09. The van der Waals surface area contributed by atoms with Gasteiger partial charge in [0.05, 0.1) is 4.92 Å². The zero-order valence-electron chi connectivity index (χ0n) is 7.03. The van der Waals surface area contributed by atoms with E-state index in [-0.39, 0.29) is 10.7 Å². The van der Waals surface area contributed by atoms with Crippen LogP contribution in [0.1, 0.15) is 0 Å². The van der Waals surface area contributed by atoms with Crippen LogP contribution in [-0.4, -0.2) is 16.1 Å². The Morgan fingerprint density at radius 2 is 2.20 bits per heavy atom. The molecule has 1 rings (SSSR count). The van der Waals surface area contributed by atoms with E-state index in [0.29, 0.717) is 4.47 Å². The fraction of sp³-hybridized carbons (Fsp3) is 0. The molecule has 80 valence electrons. The van der Waals surface area contributed by atoms with Gasteiger partial charge in [-0.2, -0.15) is 0 Å². The lowest BCUT2D eigenvalue weighted by molar-refractivity contribution is -0.383. The molecular weight excluding hydrogens is 291 g/mol. The van der Waals surface area contributed by atoms with E-state index < -0.39 is 16.7 Å². The zero-order chi connectivity index (χ0) is 11.6. The molecule has 6 nitrogen and oxygen atoms in total. The fourth-order valence-corrected chi connectivity index (χ4v) is 1.49. The van der Waals surface area contributed by atoms with Gasteiger partial charge in [0.25, 0.3) is 0 Å². The lowest BCUT2D eigenvalue weighted by Gasteiger charge is -2.04. The van der Waals surface area contributed by atoms with Crippen LogP contribution in [0, 0.1) is 10.1 Å². The maximum atomic E-state index is 10.6. The predicted molar refractivity (Wildman–Crippen MR) is 57.5 cm³/mol. The first kappa shape index (κ1) is 11.7. The van der Waals surface area contributed by atoms with Crippen molar-refractivity contribution in [2.45, 2.75) is 0 Å². The van der Waals surface area contributed by atoms with Crippen molar-refractivity contribution < 1.29 is 14.8 Å². The molecule has 0 unspecified atom stereocenters. The number of amides is 1. The SMILES string of the molecule is O=C(O)Nc1ccc(Br)c(Cl)c1[N+](=O)[O-]. The molecule has 0 spiro atoms. The Labute approximate surface area is 97.1 Å². The van der Waals surface area contributed by atoms with Gasteiger partial charge in [0.2, 0.25) is 0 Å². The van der Waals surface area contributed by atoms with Crippen molar-refractivity contribution in [2.24, 2.45) is 0 Å². The van der Waals surface area contributed by atoms with Crippen LogP contribution in [0.2, 0.25) is 5.02 Å². The van der Waals surface area contributed by atoms with Crippen molar-refractivity contribution >= 4 is 45.0 Å². The molecule has 0 aliphatic rings. The molecule has 1 aromatic rings. The number of benzene rings is 1. The van der Waals surface area contributed by atoms with Crippen molar-refractivity contribution in [2.75, 3.05) is 5.32 Å².